The highest BCUT2D eigenvalue weighted by Gasteiger charge is 2.45. The summed E-state index contributed by atoms with van der Waals surface area (Å²) in [6, 6.07) is -1.20. The lowest BCUT2D eigenvalue weighted by Crippen LogP contribution is -2.51. The summed E-state index contributed by atoms with van der Waals surface area (Å²) in [5.41, 5.74) is 6.37. The number of aliphatic hydroxyl groups excluding tert-OH is 2. The molecule has 0 radical (unpaired) electrons. The van der Waals surface area contributed by atoms with Gasteiger partial charge < -0.3 is 25.8 Å². The summed E-state index contributed by atoms with van der Waals surface area (Å²) in [5.74, 6) is 9.27. The minimum atomic E-state index is -1.56. The van der Waals surface area contributed by atoms with Gasteiger partial charge in [0.15, 0.2) is 17.7 Å². The molecular weight excluding hydrogens is 408 g/mol. The number of hydrogen-bond donors (Lipinski definition) is 6. The van der Waals surface area contributed by atoms with E-state index in [1.54, 1.807) is 0 Å². The van der Waals surface area contributed by atoms with Crippen LogP contribution < -0.4 is 17.4 Å². The molecule has 3 heterocycles. The first-order chi connectivity index (χ1) is 13.7. The monoisotopic (exact) mass is 430 g/mol. The van der Waals surface area contributed by atoms with Crippen LogP contribution in [0.3, 0.4) is 0 Å². The maximum absolute atomic E-state index is 12.3. The number of aliphatic carboxylic acids is 1. The Morgan fingerprint density at radius 3 is 2.69 bits per heavy atom. The zero-order chi connectivity index (χ0) is 21.3. The number of nitrogens with two attached hydrogens (primary N) is 3. The summed E-state index contributed by atoms with van der Waals surface area (Å²) in [7, 11) is -1.56. The van der Waals surface area contributed by atoms with Gasteiger partial charge in [-0.25, -0.2) is 15.0 Å². The molecule has 2 aromatic rings. The van der Waals surface area contributed by atoms with Crippen LogP contribution in [0.5, 0.6) is 0 Å². The number of carbonyl (C=O) groups is 1. The fourth-order valence-electron chi connectivity index (χ4n) is 3.06. The van der Waals surface area contributed by atoms with E-state index < -0.39 is 47.4 Å². The molecule has 1 fully saturated rings. The van der Waals surface area contributed by atoms with Crippen molar-refractivity contribution in [3.8, 4) is 0 Å². The van der Waals surface area contributed by atoms with Crippen LogP contribution >= 0.6 is 0 Å². The van der Waals surface area contributed by atoms with E-state index >= 15 is 0 Å². The molecule has 1 saturated heterocycles. The van der Waals surface area contributed by atoms with Crippen molar-refractivity contribution in [2.75, 3.05) is 17.2 Å². The number of imidazole rings is 1. The van der Waals surface area contributed by atoms with Crippen LogP contribution in [0.1, 0.15) is 12.6 Å². The number of hydrazine groups is 2. The highest BCUT2D eigenvalue weighted by atomic mass is 32.2. The van der Waals surface area contributed by atoms with Gasteiger partial charge in [0.1, 0.15) is 36.2 Å². The Morgan fingerprint density at radius 2 is 2.03 bits per heavy atom. The first kappa shape index (κ1) is 21.4. The van der Waals surface area contributed by atoms with Gasteiger partial charge in [0.05, 0.1) is 12.1 Å². The van der Waals surface area contributed by atoms with Crippen molar-refractivity contribution in [1.29, 1.82) is 0 Å². The van der Waals surface area contributed by atoms with Crippen molar-refractivity contribution < 1.29 is 29.1 Å². The third-order valence-corrected chi connectivity index (χ3v) is 6.00. The largest absolute Gasteiger partial charge is 0.480 e. The van der Waals surface area contributed by atoms with Crippen molar-refractivity contribution in [1.82, 2.24) is 24.6 Å². The molecule has 0 aromatic carbocycles. The molecule has 0 aliphatic carbocycles. The van der Waals surface area contributed by atoms with Gasteiger partial charge in [-0.05, 0) is 6.42 Å². The molecular formula is C14H22N8O6S. The van der Waals surface area contributed by atoms with Crippen molar-refractivity contribution >= 4 is 33.8 Å². The first-order valence-corrected chi connectivity index (χ1v) is 10.0. The highest BCUT2D eigenvalue weighted by molar-refractivity contribution is 7.85. The van der Waals surface area contributed by atoms with Crippen molar-refractivity contribution in [3.05, 3.63) is 12.7 Å². The number of nitrogen functional groups attached to an aromatic ring is 1. The SMILES string of the molecule is Nc1ncnc2c1ncn2[C@@H]1O[C@H](CS(=O)CC[C@@H](C(=O)O)N(N)N)[C@@H](O)[C@H]1O. The van der Waals surface area contributed by atoms with Crippen LogP contribution in [0.25, 0.3) is 11.2 Å². The molecule has 14 nitrogen and oxygen atoms in total. The fourth-order valence-corrected chi connectivity index (χ4v) is 4.36. The molecule has 0 spiro atoms. The molecule has 3 rings (SSSR count). The molecule has 15 heteroatoms. The standard InChI is InChI=1S/C14H22N8O6S/c15-11-8-12(19-4-18-11)21(5-20-8)13-10(24)9(23)7(28-13)3-29(27)2-1-6(14(25)26)22(16)17/h4-7,9-10,13,23-24H,1-3,16-17H2,(H,25,26)(H2,15,18,19)/t6-,7+,9+,10+,13+,29?/m0/s1. The van der Waals surface area contributed by atoms with Gasteiger partial charge in [0.2, 0.25) is 0 Å². The second kappa shape index (κ2) is 8.62. The fraction of sp³-hybridized carbons (Fsp3) is 0.571. The number of anilines is 1. The van der Waals surface area contributed by atoms with Gasteiger partial charge in [-0.3, -0.25) is 25.3 Å². The van der Waals surface area contributed by atoms with E-state index in [2.05, 4.69) is 15.0 Å². The summed E-state index contributed by atoms with van der Waals surface area (Å²) in [5, 5.41) is 30.3. The van der Waals surface area contributed by atoms with Gasteiger partial charge in [0.25, 0.3) is 0 Å². The molecule has 1 unspecified atom stereocenters. The number of carboxylic acid groups (broad SMARTS) is 1. The van der Waals surface area contributed by atoms with Gasteiger partial charge in [-0.2, -0.15) is 5.12 Å². The second-order valence-corrected chi connectivity index (χ2v) is 8.15. The van der Waals surface area contributed by atoms with Crippen LogP contribution in [0.2, 0.25) is 0 Å². The molecule has 1 aliphatic rings. The Kier molecular flexibility index (Phi) is 6.37. The number of rotatable bonds is 8. The number of fused-ring (bicyclic) bond motifs is 1. The zero-order valence-electron chi connectivity index (χ0n) is 15.1. The van der Waals surface area contributed by atoms with E-state index in [1.807, 2.05) is 0 Å². The topological polar surface area (TPSA) is 229 Å². The molecule has 0 amide bonds. The molecule has 0 saturated carbocycles. The lowest BCUT2D eigenvalue weighted by molar-refractivity contribution is -0.143. The summed E-state index contributed by atoms with van der Waals surface area (Å²) in [6.45, 7) is 0. The molecule has 29 heavy (non-hydrogen) atoms. The summed E-state index contributed by atoms with van der Waals surface area (Å²) >= 11 is 0. The minimum Gasteiger partial charge on any atom is -0.480 e. The minimum absolute atomic E-state index is 0.0347. The van der Waals surface area contributed by atoms with Crippen molar-refractivity contribution in [3.63, 3.8) is 0 Å². The first-order valence-electron chi connectivity index (χ1n) is 8.51. The van der Waals surface area contributed by atoms with E-state index in [4.69, 9.17) is 27.3 Å². The summed E-state index contributed by atoms with van der Waals surface area (Å²) < 4.78 is 19.5. The van der Waals surface area contributed by atoms with Crippen LogP contribution in [0.15, 0.2) is 12.7 Å². The predicted octanol–water partition coefficient (Wildman–Crippen LogP) is -3.33. The number of nitrogens with zero attached hydrogens (tertiary/aromatic N) is 5. The Balaban J connectivity index is 1.67. The normalized spacial score (nSPS) is 26.8. The third-order valence-electron chi connectivity index (χ3n) is 4.61. The third kappa shape index (κ3) is 4.35. The molecule has 160 valence electrons. The quantitative estimate of drug-likeness (QED) is 0.178. The molecule has 9 N–H and O–H groups in total. The van der Waals surface area contributed by atoms with Crippen LogP contribution in [0.4, 0.5) is 5.82 Å². The smallest absolute Gasteiger partial charge is 0.323 e. The molecule has 6 atom stereocenters. The van der Waals surface area contributed by atoms with Crippen LogP contribution in [0, 0.1) is 0 Å². The van der Waals surface area contributed by atoms with E-state index in [1.165, 1.54) is 17.2 Å². The summed E-state index contributed by atoms with van der Waals surface area (Å²) in [4.78, 5) is 23.1. The lowest BCUT2D eigenvalue weighted by atomic mass is 10.1. The van der Waals surface area contributed by atoms with E-state index in [9.17, 15) is 19.2 Å². The maximum Gasteiger partial charge on any atom is 0.323 e. The van der Waals surface area contributed by atoms with Gasteiger partial charge in [0, 0.05) is 16.6 Å². The van der Waals surface area contributed by atoms with E-state index in [0.29, 0.717) is 16.3 Å². The zero-order valence-corrected chi connectivity index (χ0v) is 15.9. The highest BCUT2D eigenvalue weighted by Crippen LogP contribution is 2.32. The maximum atomic E-state index is 12.3. The predicted molar refractivity (Wildman–Crippen MR) is 99.8 cm³/mol. The van der Waals surface area contributed by atoms with E-state index in [-0.39, 0.29) is 23.7 Å². The van der Waals surface area contributed by atoms with Crippen molar-refractivity contribution in [2.45, 2.75) is 37.0 Å². The lowest BCUT2D eigenvalue weighted by Gasteiger charge is -2.19. The van der Waals surface area contributed by atoms with Crippen LogP contribution in [-0.4, -0.2) is 86.0 Å². The second-order valence-electron chi connectivity index (χ2n) is 6.53. The average molecular weight is 430 g/mol. The molecule has 0 bridgehead atoms. The molecule has 1 aliphatic heterocycles. The number of ether oxygens (including phenoxy) is 1. The molecule has 2 aromatic heterocycles. The number of aliphatic hydroxyl groups is 2. The average Bonchev–Trinajstić information content (AvgIpc) is 3.19. The Hall–Kier alpha value is -2.27. The Bertz CT molecular complexity index is 909. The van der Waals surface area contributed by atoms with Crippen LogP contribution in [-0.2, 0) is 20.3 Å². The van der Waals surface area contributed by atoms with Gasteiger partial charge in [-0.15, -0.1) is 0 Å². The number of hydrogen-bond acceptors (Lipinski definition) is 12. The van der Waals surface area contributed by atoms with Gasteiger partial charge >= 0.3 is 5.97 Å². The summed E-state index contributed by atoms with van der Waals surface area (Å²) in [6.07, 6.45) is -2.12. The Morgan fingerprint density at radius 1 is 1.31 bits per heavy atom. The van der Waals surface area contributed by atoms with Crippen molar-refractivity contribution in [2.24, 2.45) is 11.7 Å². The van der Waals surface area contributed by atoms with Gasteiger partial charge in [-0.1, -0.05) is 0 Å². The number of carboxylic acids is 1. The van der Waals surface area contributed by atoms with E-state index in [0.717, 1.165) is 0 Å². The Labute approximate surface area is 166 Å². The number of aromatic nitrogens is 4.